The van der Waals surface area contributed by atoms with Gasteiger partial charge in [-0.15, -0.1) is 0 Å². The third-order valence-corrected chi connectivity index (χ3v) is 2.78. The minimum atomic E-state index is -3.34. The summed E-state index contributed by atoms with van der Waals surface area (Å²) in [4.78, 5) is 0. The van der Waals surface area contributed by atoms with Crippen LogP contribution in [-0.2, 0) is 27.1 Å². The summed E-state index contributed by atoms with van der Waals surface area (Å²) in [6.07, 6.45) is 2.83. The third-order valence-electron chi connectivity index (χ3n) is 2.18. The molecule has 17 heavy (non-hydrogen) atoms. The van der Waals surface area contributed by atoms with Crippen molar-refractivity contribution in [3.63, 3.8) is 0 Å². The van der Waals surface area contributed by atoms with Gasteiger partial charge in [-0.25, -0.2) is 0 Å². The number of rotatable bonds is 6. The lowest BCUT2D eigenvalue weighted by molar-refractivity contribution is 0.316. The molecule has 0 bridgehead atoms. The summed E-state index contributed by atoms with van der Waals surface area (Å²) in [5.41, 5.74) is 2.07. The monoisotopic (exact) mass is 253 g/mol. The normalized spacial score (nSPS) is 11.1. The highest BCUT2D eigenvalue weighted by molar-refractivity contribution is 7.85. The maximum Gasteiger partial charge on any atom is 0.264 e. The zero-order valence-electron chi connectivity index (χ0n) is 9.72. The fraction of sp³-hybridized carbons (Fsp3) is 0.417. The summed E-state index contributed by atoms with van der Waals surface area (Å²) in [5.74, 6) is 0. The number of hydrogen-bond acceptors (Lipinski definition) is 4. The molecule has 0 spiro atoms. The van der Waals surface area contributed by atoms with Crippen LogP contribution in [0.4, 0.5) is 0 Å². The van der Waals surface area contributed by atoms with E-state index in [0.717, 1.165) is 23.8 Å². The highest BCUT2D eigenvalue weighted by Crippen LogP contribution is 2.08. The number of hydrogen-bond donors (Lipinski definition) is 0. The van der Waals surface area contributed by atoms with Crippen LogP contribution in [0.25, 0.3) is 0 Å². The molecule has 0 aliphatic rings. The number of nitrogens with zero attached hydrogens (tertiary/aromatic N) is 1. The highest BCUT2D eigenvalue weighted by atomic mass is 32.2. The van der Waals surface area contributed by atoms with Gasteiger partial charge in [-0.1, -0.05) is 24.3 Å². The predicted molar refractivity (Wildman–Crippen MR) is 64.9 cm³/mol. The number of nitriles is 1. The van der Waals surface area contributed by atoms with E-state index in [4.69, 9.17) is 5.26 Å². The molecule has 0 heterocycles. The number of aryl methyl sites for hydroxylation is 1. The molecule has 0 aliphatic carbocycles. The minimum absolute atomic E-state index is 0.196. The molecule has 0 aromatic heterocycles. The van der Waals surface area contributed by atoms with Crippen LogP contribution in [0.2, 0.25) is 0 Å². The molecule has 0 saturated carbocycles. The van der Waals surface area contributed by atoms with Crippen molar-refractivity contribution in [2.75, 3.05) is 12.9 Å². The summed E-state index contributed by atoms with van der Waals surface area (Å²) >= 11 is 0. The molecule has 0 N–H and O–H groups in total. The highest BCUT2D eigenvalue weighted by Gasteiger charge is 2.01. The average Bonchev–Trinajstić information content (AvgIpc) is 2.24. The molecule has 92 valence electrons. The second kappa shape index (κ2) is 6.38. The van der Waals surface area contributed by atoms with Gasteiger partial charge in [0, 0.05) is 0 Å². The SMILES string of the molecule is CS(=O)(=O)OCCCc1cccc(CC#N)c1. The average molecular weight is 253 g/mol. The van der Waals surface area contributed by atoms with Crippen molar-refractivity contribution < 1.29 is 12.6 Å². The Morgan fingerprint density at radius 1 is 1.35 bits per heavy atom. The topological polar surface area (TPSA) is 67.2 Å². The summed E-state index contributed by atoms with van der Waals surface area (Å²) in [6.45, 7) is 0.196. The molecule has 0 saturated heterocycles. The van der Waals surface area contributed by atoms with E-state index in [1.807, 2.05) is 24.3 Å². The summed E-state index contributed by atoms with van der Waals surface area (Å²) < 4.78 is 26.1. The van der Waals surface area contributed by atoms with Crippen LogP contribution in [0, 0.1) is 11.3 Å². The van der Waals surface area contributed by atoms with Crippen LogP contribution < -0.4 is 0 Å². The first-order valence-electron chi connectivity index (χ1n) is 5.30. The summed E-state index contributed by atoms with van der Waals surface area (Å²) in [7, 11) is -3.34. The lowest BCUT2D eigenvalue weighted by Crippen LogP contribution is -2.04. The Balaban J connectivity index is 2.42. The van der Waals surface area contributed by atoms with E-state index in [2.05, 4.69) is 10.3 Å². The molecule has 0 fully saturated rings. The van der Waals surface area contributed by atoms with E-state index >= 15 is 0 Å². The van der Waals surface area contributed by atoms with E-state index in [9.17, 15) is 8.42 Å². The molecule has 1 aromatic carbocycles. The summed E-state index contributed by atoms with van der Waals surface area (Å²) in [5, 5.41) is 8.58. The lowest BCUT2D eigenvalue weighted by atomic mass is 10.1. The maximum absolute atomic E-state index is 10.7. The van der Waals surface area contributed by atoms with Crippen LogP contribution in [0.1, 0.15) is 17.5 Å². The van der Waals surface area contributed by atoms with Crippen molar-refractivity contribution in [2.24, 2.45) is 0 Å². The molecule has 1 aromatic rings. The molecule has 5 heteroatoms. The van der Waals surface area contributed by atoms with Crippen molar-refractivity contribution in [3.05, 3.63) is 35.4 Å². The van der Waals surface area contributed by atoms with Crippen molar-refractivity contribution >= 4 is 10.1 Å². The van der Waals surface area contributed by atoms with E-state index in [1.54, 1.807) is 0 Å². The first-order chi connectivity index (χ1) is 8.01. The molecule has 4 nitrogen and oxygen atoms in total. The largest absolute Gasteiger partial charge is 0.270 e. The van der Waals surface area contributed by atoms with E-state index < -0.39 is 10.1 Å². The molecule has 0 aliphatic heterocycles. The first-order valence-corrected chi connectivity index (χ1v) is 7.12. The molecule has 0 atom stereocenters. The van der Waals surface area contributed by atoms with Gasteiger partial charge in [-0.05, 0) is 24.0 Å². The fourth-order valence-electron chi connectivity index (χ4n) is 1.47. The van der Waals surface area contributed by atoms with Gasteiger partial charge in [0.1, 0.15) is 0 Å². The maximum atomic E-state index is 10.7. The Hall–Kier alpha value is -1.38. The first kappa shape index (κ1) is 13.7. The predicted octanol–water partition coefficient (Wildman–Crippen LogP) is 1.66. The lowest BCUT2D eigenvalue weighted by Gasteiger charge is -2.03. The van der Waals surface area contributed by atoms with Gasteiger partial charge in [0.2, 0.25) is 0 Å². The van der Waals surface area contributed by atoms with Crippen molar-refractivity contribution in [1.29, 1.82) is 5.26 Å². The Kier molecular flexibility index (Phi) is 5.13. The molecular formula is C12H15NO3S. The Morgan fingerprint density at radius 2 is 2.06 bits per heavy atom. The minimum Gasteiger partial charge on any atom is -0.270 e. The molecule has 0 amide bonds. The van der Waals surface area contributed by atoms with Crippen LogP contribution in [-0.4, -0.2) is 21.3 Å². The van der Waals surface area contributed by atoms with Gasteiger partial charge in [0.15, 0.2) is 0 Å². The van der Waals surface area contributed by atoms with Gasteiger partial charge in [0.25, 0.3) is 10.1 Å². The zero-order valence-corrected chi connectivity index (χ0v) is 10.5. The number of benzene rings is 1. The van der Waals surface area contributed by atoms with Crippen molar-refractivity contribution in [2.45, 2.75) is 19.3 Å². The van der Waals surface area contributed by atoms with Gasteiger partial charge in [-0.3, -0.25) is 4.18 Å². The fourth-order valence-corrected chi connectivity index (χ4v) is 1.89. The van der Waals surface area contributed by atoms with E-state index in [1.165, 1.54) is 0 Å². The second-order valence-electron chi connectivity index (χ2n) is 3.78. The Labute approximate surface area is 102 Å². The van der Waals surface area contributed by atoms with Crippen LogP contribution >= 0.6 is 0 Å². The molecular weight excluding hydrogens is 238 g/mol. The standard InChI is InChI=1S/C12H15NO3S/c1-17(14,15)16-9-3-6-11-4-2-5-12(10-11)7-8-13/h2,4-5,10H,3,6-7,9H2,1H3. The molecule has 0 radical (unpaired) electrons. The van der Waals surface area contributed by atoms with Crippen molar-refractivity contribution in [3.8, 4) is 6.07 Å². The van der Waals surface area contributed by atoms with Gasteiger partial charge >= 0.3 is 0 Å². The van der Waals surface area contributed by atoms with Crippen LogP contribution in [0.3, 0.4) is 0 Å². The van der Waals surface area contributed by atoms with Gasteiger partial charge in [-0.2, -0.15) is 13.7 Å². The van der Waals surface area contributed by atoms with Crippen LogP contribution in [0.15, 0.2) is 24.3 Å². The quantitative estimate of drug-likeness (QED) is 0.571. The van der Waals surface area contributed by atoms with E-state index in [-0.39, 0.29) is 6.61 Å². The second-order valence-corrected chi connectivity index (χ2v) is 5.43. The molecule has 0 unspecified atom stereocenters. The third kappa shape index (κ3) is 6.05. The van der Waals surface area contributed by atoms with Crippen LogP contribution in [0.5, 0.6) is 0 Å². The van der Waals surface area contributed by atoms with E-state index in [0.29, 0.717) is 12.8 Å². The zero-order chi connectivity index (χ0) is 12.7. The van der Waals surface area contributed by atoms with Gasteiger partial charge < -0.3 is 0 Å². The smallest absolute Gasteiger partial charge is 0.264 e. The summed E-state index contributed by atoms with van der Waals surface area (Å²) in [6, 6.07) is 9.82. The molecule has 1 rings (SSSR count). The Bertz CT molecular complexity index is 503. The van der Waals surface area contributed by atoms with Gasteiger partial charge in [0.05, 0.1) is 25.4 Å². The van der Waals surface area contributed by atoms with Crippen molar-refractivity contribution in [1.82, 2.24) is 0 Å². The Morgan fingerprint density at radius 3 is 2.71 bits per heavy atom.